The minimum absolute atomic E-state index is 0.491. The van der Waals surface area contributed by atoms with Gasteiger partial charge in [-0.15, -0.1) is 0 Å². The monoisotopic (exact) mass is 452 g/mol. The van der Waals surface area contributed by atoms with Crippen LogP contribution in [0.15, 0.2) is 12.2 Å². The maximum absolute atomic E-state index is 11.5. The summed E-state index contributed by atoms with van der Waals surface area (Å²) in [5, 5.41) is 0. The molecule has 0 saturated carbocycles. The van der Waals surface area contributed by atoms with Gasteiger partial charge in [0, 0.05) is 0 Å². The van der Waals surface area contributed by atoms with Crippen molar-refractivity contribution in [3.05, 3.63) is 12.2 Å². The van der Waals surface area contributed by atoms with Crippen LogP contribution in [0.25, 0.3) is 0 Å². The van der Waals surface area contributed by atoms with Crippen LogP contribution < -0.4 is 0 Å². The van der Waals surface area contributed by atoms with E-state index in [-0.39, 0.29) is 0 Å². The first-order valence-corrected chi connectivity index (χ1v) is 14.1. The number of rotatable bonds is 24. The second kappa shape index (κ2) is 26.3. The Balaban J connectivity index is 3.19. The summed E-state index contributed by atoms with van der Waals surface area (Å²) in [5.41, 5.74) is 0. The van der Waals surface area contributed by atoms with Crippen LogP contribution in [0.4, 0.5) is 4.79 Å². The minimum Gasteiger partial charge on any atom is -0.434 e. The Bertz CT molecular complexity index is 403. The zero-order valence-electron chi connectivity index (χ0n) is 22.0. The van der Waals surface area contributed by atoms with Crippen molar-refractivity contribution in [2.75, 3.05) is 13.2 Å². The number of ether oxygens (including phenoxy) is 2. The number of hydrogen-bond donors (Lipinski definition) is 0. The Hall–Kier alpha value is -0.990. The van der Waals surface area contributed by atoms with Crippen molar-refractivity contribution in [3.63, 3.8) is 0 Å². The predicted molar refractivity (Wildman–Crippen MR) is 139 cm³/mol. The Morgan fingerprint density at radius 2 is 1.00 bits per heavy atom. The van der Waals surface area contributed by atoms with Gasteiger partial charge in [-0.2, -0.15) is 0 Å². The van der Waals surface area contributed by atoms with Gasteiger partial charge in [-0.3, -0.25) is 0 Å². The van der Waals surface area contributed by atoms with Crippen LogP contribution in [0.2, 0.25) is 0 Å². The fourth-order valence-corrected chi connectivity index (χ4v) is 3.89. The van der Waals surface area contributed by atoms with E-state index in [1.54, 1.807) is 0 Å². The Morgan fingerprint density at radius 3 is 1.47 bits per heavy atom. The third-order valence-corrected chi connectivity index (χ3v) is 6.02. The number of hydrogen-bond acceptors (Lipinski definition) is 3. The van der Waals surface area contributed by atoms with Gasteiger partial charge in [-0.05, 0) is 44.4 Å². The Labute approximate surface area is 201 Å². The highest BCUT2D eigenvalue weighted by Gasteiger charge is 2.03. The molecule has 0 aliphatic heterocycles. The molecule has 0 N–H and O–H groups in total. The minimum atomic E-state index is -0.493. The molecule has 0 saturated heterocycles. The molecule has 0 bridgehead atoms. The van der Waals surface area contributed by atoms with Crippen molar-refractivity contribution in [1.82, 2.24) is 0 Å². The zero-order valence-corrected chi connectivity index (χ0v) is 22.0. The van der Waals surface area contributed by atoms with E-state index in [1.807, 2.05) is 0 Å². The van der Waals surface area contributed by atoms with Crippen LogP contribution in [0.1, 0.15) is 149 Å². The maximum atomic E-state index is 11.5. The van der Waals surface area contributed by atoms with Crippen LogP contribution in [0, 0.1) is 5.92 Å². The topological polar surface area (TPSA) is 35.5 Å². The molecule has 0 rings (SSSR count). The fourth-order valence-electron chi connectivity index (χ4n) is 3.89. The molecule has 0 aromatic carbocycles. The van der Waals surface area contributed by atoms with Gasteiger partial charge in [0.05, 0.1) is 13.2 Å². The first-order valence-electron chi connectivity index (χ1n) is 14.1. The second-order valence-corrected chi connectivity index (χ2v) is 9.84. The summed E-state index contributed by atoms with van der Waals surface area (Å²) in [6, 6.07) is 0. The molecule has 0 spiro atoms. The highest BCUT2D eigenvalue weighted by molar-refractivity contribution is 5.59. The molecule has 0 radical (unpaired) electrons. The van der Waals surface area contributed by atoms with Crippen molar-refractivity contribution in [1.29, 1.82) is 0 Å². The maximum Gasteiger partial charge on any atom is 0.508 e. The lowest BCUT2D eigenvalue weighted by Gasteiger charge is -2.07. The fraction of sp³-hybridized carbons (Fsp3) is 0.897. The van der Waals surface area contributed by atoms with Gasteiger partial charge in [0.2, 0.25) is 0 Å². The van der Waals surface area contributed by atoms with Crippen LogP contribution in [-0.2, 0) is 9.47 Å². The summed E-state index contributed by atoms with van der Waals surface area (Å²) in [6.45, 7) is 7.75. The lowest BCUT2D eigenvalue weighted by Crippen LogP contribution is -2.09. The summed E-state index contributed by atoms with van der Waals surface area (Å²) in [4.78, 5) is 11.5. The lowest BCUT2D eigenvalue weighted by molar-refractivity contribution is 0.0528. The first kappa shape index (κ1) is 31.0. The molecule has 0 aromatic heterocycles. The molecule has 0 heterocycles. The summed E-state index contributed by atoms with van der Waals surface area (Å²) in [6.07, 6.45) is 29.7. The lowest BCUT2D eigenvalue weighted by atomic mass is 10.1. The third kappa shape index (κ3) is 27.0. The second-order valence-electron chi connectivity index (χ2n) is 9.84. The molecule has 0 fully saturated rings. The molecule has 190 valence electrons. The molecule has 0 aliphatic rings. The summed E-state index contributed by atoms with van der Waals surface area (Å²) >= 11 is 0. The molecule has 3 heteroatoms. The zero-order chi connectivity index (χ0) is 23.5. The average Bonchev–Trinajstić information content (AvgIpc) is 2.77. The highest BCUT2D eigenvalue weighted by Crippen LogP contribution is 2.11. The van der Waals surface area contributed by atoms with Gasteiger partial charge in [0.25, 0.3) is 0 Å². The largest absolute Gasteiger partial charge is 0.508 e. The Kier molecular flexibility index (Phi) is 25.5. The molecule has 0 amide bonds. The van der Waals surface area contributed by atoms with Crippen LogP contribution in [0.3, 0.4) is 0 Å². The number of carbonyl (C=O) groups excluding carboxylic acids is 1. The Morgan fingerprint density at radius 1 is 0.594 bits per heavy atom. The van der Waals surface area contributed by atoms with Crippen molar-refractivity contribution < 1.29 is 14.3 Å². The molecule has 0 aliphatic carbocycles. The van der Waals surface area contributed by atoms with E-state index in [9.17, 15) is 4.79 Å². The van der Waals surface area contributed by atoms with E-state index in [2.05, 4.69) is 32.9 Å². The van der Waals surface area contributed by atoms with Gasteiger partial charge >= 0.3 is 6.16 Å². The van der Waals surface area contributed by atoms with Gasteiger partial charge in [-0.1, -0.05) is 123 Å². The average molecular weight is 453 g/mol. The van der Waals surface area contributed by atoms with E-state index in [1.165, 1.54) is 103 Å². The van der Waals surface area contributed by atoms with E-state index < -0.39 is 6.16 Å². The van der Waals surface area contributed by atoms with E-state index in [0.717, 1.165) is 31.6 Å². The van der Waals surface area contributed by atoms with Crippen molar-refractivity contribution in [3.8, 4) is 0 Å². The first-order chi connectivity index (χ1) is 15.7. The molecule has 0 atom stereocenters. The normalized spacial score (nSPS) is 11.5. The van der Waals surface area contributed by atoms with Gasteiger partial charge in [0.15, 0.2) is 0 Å². The molecule has 0 aromatic rings. The number of carbonyl (C=O) groups is 1. The van der Waals surface area contributed by atoms with Gasteiger partial charge in [-0.25, -0.2) is 4.79 Å². The van der Waals surface area contributed by atoms with Crippen LogP contribution >= 0.6 is 0 Å². The van der Waals surface area contributed by atoms with Gasteiger partial charge < -0.3 is 9.47 Å². The smallest absolute Gasteiger partial charge is 0.434 e. The van der Waals surface area contributed by atoms with Crippen molar-refractivity contribution in [2.24, 2.45) is 5.92 Å². The number of unbranched alkanes of at least 4 members (excludes halogenated alkanes) is 16. The standard InChI is InChI=1S/C29H56O3/c1-4-5-6-7-8-9-10-11-12-13-14-15-16-17-18-19-20-23-26-31-29(30)32-27-24-21-22-25-28(2)3/h13-14,28H,4-12,15-27H2,1-3H3. The quantitative estimate of drug-likeness (QED) is 0.0829. The summed E-state index contributed by atoms with van der Waals surface area (Å²) in [7, 11) is 0. The molecule has 3 nitrogen and oxygen atoms in total. The van der Waals surface area contributed by atoms with E-state index in [4.69, 9.17) is 9.47 Å². The molecule has 32 heavy (non-hydrogen) atoms. The predicted octanol–water partition coefficient (Wildman–Crippen LogP) is 10.2. The molecular formula is C29H56O3. The molecular weight excluding hydrogens is 396 g/mol. The van der Waals surface area contributed by atoms with Crippen molar-refractivity contribution in [2.45, 2.75) is 149 Å². The van der Waals surface area contributed by atoms with Crippen molar-refractivity contribution >= 4 is 6.16 Å². The van der Waals surface area contributed by atoms with Crippen LogP contribution in [0.5, 0.6) is 0 Å². The van der Waals surface area contributed by atoms with E-state index >= 15 is 0 Å². The SMILES string of the molecule is CCCCCCCCCCC=CCCCCCCCCOC(=O)OCCCCCC(C)C. The third-order valence-electron chi connectivity index (χ3n) is 6.02. The summed E-state index contributed by atoms with van der Waals surface area (Å²) in [5.74, 6) is 0.757. The number of allylic oxidation sites excluding steroid dienone is 2. The highest BCUT2D eigenvalue weighted by atomic mass is 16.7. The van der Waals surface area contributed by atoms with Crippen LogP contribution in [-0.4, -0.2) is 19.4 Å². The van der Waals surface area contributed by atoms with E-state index in [0.29, 0.717) is 13.2 Å². The summed E-state index contributed by atoms with van der Waals surface area (Å²) < 4.78 is 10.3. The molecule has 0 unspecified atom stereocenters. The van der Waals surface area contributed by atoms with Gasteiger partial charge in [0.1, 0.15) is 0 Å².